The summed E-state index contributed by atoms with van der Waals surface area (Å²) in [6, 6.07) is 1.32. The highest BCUT2D eigenvalue weighted by molar-refractivity contribution is 5.67. The van der Waals surface area contributed by atoms with Crippen molar-refractivity contribution in [2.75, 3.05) is 26.2 Å². The lowest BCUT2D eigenvalue weighted by atomic mass is 10.1. The first-order valence-electron chi connectivity index (χ1n) is 6.71. The fourth-order valence-electron chi connectivity index (χ4n) is 1.96. The normalized spacial score (nSPS) is 26.8. The fraction of sp³-hybridized carbons (Fsp3) is 0.583. The molecule has 0 saturated carbocycles. The van der Waals surface area contributed by atoms with Crippen molar-refractivity contribution < 1.29 is 29.7 Å². The second kappa shape index (κ2) is 6.91. The molecule has 1 unspecified atom stereocenters. The van der Waals surface area contributed by atoms with E-state index in [1.807, 2.05) is 0 Å². The molecule has 4 N–H and O–H groups in total. The van der Waals surface area contributed by atoms with Crippen molar-refractivity contribution in [1.82, 2.24) is 14.5 Å². The quantitative estimate of drug-likeness (QED) is 0.455. The van der Waals surface area contributed by atoms with Crippen LogP contribution in [0, 0.1) is 0 Å². The Morgan fingerprint density at radius 2 is 2.17 bits per heavy atom. The Hall–Kier alpha value is -2.21. The van der Waals surface area contributed by atoms with Crippen LogP contribution in [0.4, 0.5) is 10.6 Å². The van der Waals surface area contributed by atoms with Crippen LogP contribution in [0.3, 0.4) is 0 Å². The van der Waals surface area contributed by atoms with E-state index in [0.29, 0.717) is 0 Å². The molecule has 11 heteroatoms. The number of nitrogens with zero attached hydrogens (tertiary/aromatic N) is 3. The van der Waals surface area contributed by atoms with Crippen LogP contribution in [-0.2, 0) is 9.57 Å². The van der Waals surface area contributed by atoms with Crippen LogP contribution >= 0.6 is 0 Å². The first-order valence-corrected chi connectivity index (χ1v) is 6.71. The number of anilines is 1. The zero-order valence-corrected chi connectivity index (χ0v) is 12.5. The fourth-order valence-corrected chi connectivity index (χ4v) is 1.96. The topological polar surface area (TPSA) is 146 Å². The Morgan fingerprint density at radius 3 is 2.70 bits per heavy atom. The van der Waals surface area contributed by atoms with Gasteiger partial charge in [-0.1, -0.05) is 0 Å². The average molecular weight is 330 g/mol. The summed E-state index contributed by atoms with van der Waals surface area (Å²) < 4.78 is 6.19. The molecule has 0 aliphatic carbocycles. The molecule has 0 radical (unpaired) electrons. The van der Waals surface area contributed by atoms with E-state index in [0.717, 1.165) is 4.57 Å². The van der Waals surface area contributed by atoms with Crippen LogP contribution in [-0.4, -0.2) is 74.9 Å². The monoisotopic (exact) mass is 330 g/mol. The van der Waals surface area contributed by atoms with Crippen LogP contribution in [0.25, 0.3) is 0 Å². The Morgan fingerprint density at radius 1 is 1.48 bits per heavy atom. The molecule has 23 heavy (non-hydrogen) atoms. The highest BCUT2D eigenvalue weighted by Gasteiger charge is 2.43. The van der Waals surface area contributed by atoms with Crippen molar-refractivity contribution in [1.29, 1.82) is 0 Å². The standard InChI is InChI=1S/C12H18N4O7/c1-15(2)12(21)23-14-7-3-4-16(11(20)13-7)10-9(19)8(18)6(5-17)22-10/h3-4,6,8-10,17-19H,5H2,1-2H3,(H,13,14,20)/t6-,8?,9+,10-/m1/s1. The minimum absolute atomic E-state index is 0.0202. The number of ether oxygens (including phenoxy) is 1. The summed E-state index contributed by atoms with van der Waals surface area (Å²) in [6.07, 6.45) is -4.32. The molecule has 0 bridgehead atoms. The Labute approximate surface area is 130 Å². The molecule has 11 nitrogen and oxygen atoms in total. The zero-order valence-electron chi connectivity index (χ0n) is 12.5. The molecule has 1 saturated heterocycles. The zero-order chi connectivity index (χ0) is 17.1. The van der Waals surface area contributed by atoms with Crippen molar-refractivity contribution in [3.8, 4) is 0 Å². The van der Waals surface area contributed by atoms with E-state index in [1.54, 1.807) is 0 Å². The maximum absolute atomic E-state index is 12.0. The van der Waals surface area contributed by atoms with Gasteiger partial charge in [-0.3, -0.25) is 4.57 Å². The van der Waals surface area contributed by atoms with E-state index in [2.05, 4.69) is 15.3 Å². The molecule has 1 fully saturated rings. The van der Waals surface area contributed by atoms with Gasteiger partial charge in [-0.05, 0) is 0 Å². The molecule has 2 heterocycles. The maximum Gasteiger partial charge on any atom is 0.433 e. The molecule has 0 aromatic carbocycles. The van der Waals surface area contributed by atoms with Gasteiger partial charge in [0.15, 0.2) is 12.0 Å². The second-order valence-corrected chi connectivity index (χ2v) is 5.10. The van der Waals surface area contributed by atoms with Crippen molar-refractivity contribution in [2.24, 2.45) is 0 Å². The summed E-state index contributed by atoms with van der Waals surface area (Å²) in [7, 11) is 2.97. The number of carbonyl (C=O) groups is 1. The van der Waals surface area contributed by atoms with E-state index < -0.39 is 42.9 Å². The molecule has 1 aromatic rings. The molecule has 1 aliphatic rings. The summed E-state index contributed by atoms with van der Waals surface area (Å²) in [4.78, 5) is 32.7. The highest BCUT2D eigenvalue weighted by atomic mass is 16.7. The molecular weight excluding hydrogens is 312 g/mol. The third kappa shape index (κ3) is 3.59. The average Bonchev–Trinajstić information content (AvgIpc) is 2.80. The van der Waals surface area contributed by atoms with Crippen molar-refractivity contribution in [2.45, 2.75) is 24.5 Å². The van der Waals surface area contributed by atoms with Crippen LogP contribution in [0.2, 0.25) is 0 Å². The number of aliphatic hydroxyl groups excluding tert-OH is 3. The number of hydrogen-bond donors (Lipinski definition) is 4. The Balaban J connectivity index is 2.11. The Bertz CT molecular complexity index is 620. The highest BCUT2D eigenvalue weighted by Crippen LogP contribution is 2.28. The second-order valence-electron chi connectivity index (χ2n) is 5.10. The van der Waals surface area contributed by atoms with Crippen LogP contribution in [0.1, 0.15) is 6.23 Å². The van der Waals surface area contributed by atoms with Gasteiger partial charge in [-0.15, -0.1) is 0 Å². The summed E-state index contributed by atoms with van der Waals surface area (Å²) in [5.74, 6) is -0.0202. The van der Waals surface area contributed by atoms with E-state index in [-0.39, 0.29) is 5.82 Å². The van der Waals surface area contributed by atoms with Gasteiger partial charge in [0.25, 0.3) is 0 Å². The number of nitrogens with one attached hydrogen (secondary N) is 1. The smallest absolute Gasteiger partial charge is 0.394 e. The summed E-state index contributed by atoms with van der Waals surface area (Å²) in [6.45, 7) is -0.503. The molecule has 1 aromatic heterocycles. The number of aromatic nitrogens is 2. The maximum atomic E-state index is 12.0. The minimum atomic E-state index is -1.39. The summed E-state index contributed by atoms with van der Waals surface area (Å²) in [5.41, 5.74) is 1.42. The van der Waals surface area contributed by atoms with Crippen LogP contribution in [0.15, 0.2) is 17.1 Å². The lowest BCUT2D eigenvalue weighted by Gasteiger charge is -2.17. The van der Waals surface area contributed by atoms with E-state index in [1.165, 1.54) is 31.3 Å². The third-order valence-electron chi connectivity index (χ3n) is 3.23. The molecule has 128 valence electrons. The molecule has 4 atom stereocenters. The predicted octanol–water partition coefficient (Wildman–Crippen LogP) is -2.12. The van der Waals surface area contributed by atoms with Gasteiger partial charge in [0.05, 0.1) is 6.61 Å². The van der Waals surface area contributed by atoms with E-state index in [4.69, 9.17) is 9.84 Å². The summed E-state index contributed by atoms with van der Waals surface area (Å²) in [5, 5.41) is 28.6. The number of carbonyl (C=O) groups excluding carboxylic acids is 1. The number of amides is 1. The Kier molecular flexibility index (Phi) is 5.15. The van der Waals surface area contributed by atoms with Gasteiger partial charge in [-0.25, -0.2) is 9.59 Å². The molecule has 1 amide bonds. The lowest BCUT2D eigenvalue weighted by molar-refractivity contribution is -0.0549. The van der Waals surface area contributed by atoms with E-state index in [9.17, 15) is 19.8 Å². The molecule has 1 aliphatic heterocycles. The van der Waals surface area contributed by atoms with Gasteiger partial charge in [0.1, 0.15) is 18.3 Å². The first kappa shape index (κ1) is 17.1. The van der Waals surface area contributed by atoms with Gasteiger partial charge in [-0.2, -0.15) is 10.5 Å². The van der Waals surface area contributed by atoms with Crippen molar-refractivity contribution in [3.05, 3.63) is 22.7 Å². The van der Waals surface area contributed by atoms with Gasteiger partial charge >= 0.3 is 11.8 Å². The predicted molar refractivity (Wildman–Crippen MR) is 75.3 cm³/mol. The van der Waals surface area contributed by atoms with E-state index >= 15 is 0 Å². The summed E-state index contributed by atoms with van der Waals surface area (Å²) >= 11 is 0. The van der Waals surface area contributed by atoms with Crippen LogP contribution in [0.5, 0.6) is 0 Å². The van der Waals surface area contributed by atoms with Crippen molar-refractivity contribution in [3.63, 3.8) is 0 Å². The van der Waals surface area contributed by atoms with Gasteiger partial charge in [0.2, 0.25) is 0 Å². The minimum Gasteiger partial charge on any atom is -0.394 e. The largest absolute Gasteiger partial charge is 0.433 e. The molecular formula is C12H18N4O7. The molecule has 0 spiro atoms. The van der Waals surface area contributed by atoms with Crippen LogP contribution < -0.4 is 11.2 Å². The number of hydrogen-bond acceptors (Lipinski definition) is 9. The van der Waals surface area contributed by atoms with Gasteiger partial charge < -0.3 is 29.8 Å². The van der Waals surface area contributed by atoms with Gasteiger partial charge in [0, 0.05) is 26.4 Å². The first-order chi connectivity index (χ1) is 10.8. The number of aliphatic hydroxyl groups is 3. The third-order valence-corrected chi connectivity index (χ3v) is 3.23. The SMILES string of the molecule is CN(C)C(=O)ONc1ccn([C@@H]2O[C@H](CO)C(O)[C@@H]2O)c(=O)n1. The number of rotatable bonds is 4. The van der Waals surface area contributed by atoms with Crippen molar-refractivity contribution >= 4 is 11.9 Å². The lowest BCUT2D eigenvalue weighted by Crippen LogP contribution is -2.36. The molecule has 2 rings (SSSR count).